The molecule has 0 fully saturated rings. The van der Waals surface area contributed by atoms with Crippen molar-refractivity contribution in [2.45, 2.75) is 12.5 Å². The fourth-order valence-electron chi connectivity index (χ4n) is 2.94. The van der Waals surface area contributed by atoms with Gasteiger partial charge >= 0.3 is 0 Å². The number of hydrogen-bond donors (Lipinski definition) is 3. The predicted molar refractivity (Wildman–Crippen MR) is 106 cm³/mol. The second kappa shape index (κ2) is 8.66. The van der Waals surface area contributed by atoms with E-state index in [0.717, 1.165) is 11.1 Å². The Balaban J connectivity index is 1.51. The van der Waals surface area contributed by atoms with Crippen molar-refractivity contribution in [3.63, 3.8) is 0 Å². The molecule has 0 aliphatic carbocycles. The molecular formula is C21H21N3O5. The number of anilines is 1. The summed E-state index contributed by atoms with van der Waals surface area (Å²) in [5.74, 6) is 1.33. The lowest BCUT2D eigenvalue weighted by molar-refractivity contribution is -0.125. The van der Waals surface area contributed by atoms with Gasteiger partial charge in [-0.1, -0.05) is 18.2 Å². The molecule has 4 rings (SSSR count). The molecule has 29 heavy (non-hydrogen) atoms. The van der Waals surface area contributed by atoms with Crippen LogP contribution in [0.25, 0.3) is 11.1 Å². The van der Waals surface area contributed by atoms with E-state index in [4.69, 9.17) is 19.3 Å². The van der Waals surface area contributed by atoms with Crippen molar-refractivity contribution in [2.75, 3.05) is 25.1 Å². The number of benzene rings is 2. The zero-order valence-corrected chi connectivity index (χ0v) is 15.6. The largest absolute Gasteiger partial charge is 0.491 e. The van der Waals surface area contributed by atoms with E-state index in [9.17, 15) is 4.79 Å². The molecule has 1 amide bonds. The lowest BCUT2D eigenvalue weighted by Crippen LogP contribution is -2.40. The van der Waals surface area contributed by atoms with E-state index >= 15 is 0 Å². The van der Waals surface area contributed by atoms with E-state index in [2.05, 4.69) is 15.5 Å². The van der Waals surface area contributed by atoms with Crippen molar-refractivity contribution in [2.24, 2.45) is 0 Å². The third kappa shape index (κ3) is 4.33. The first kappa shape index (κ1) is 18.8. The Morgan fingerprint density at radius 3 is 2.90 bits per heavy atom. The van der Waals surface area contributed by atoms with Gasteiger partial charge < -0.3 is 24.6 Å². The Kier molecular flexibility index (Phi) is 5.62. The number of fused-ring (bicyclic) bond motifs is 1. The van der Waals surface area contributed by atoms with Crippen molar-refractivity contribution >= 4 is 11.6 Å². The van der Waals surface area contributed by atoms with Crippen LogP contribution in [0, 0.1) is 0 Å². The Morgan fingerprint density at radius 2 is 2.10 bits per heavy atom. The van der Waals surface area contributed by atoms with Crippen LogP contribution in [0.5, 0.6) is 17.2 Å². The highest BCUT2D eigenvalue weighted by Gasteiger charge is 2.28. The van der Waals surface area contributed by atoms with Crippen LogP contribution >= 0.6 is 0 Å². The average Bonchev–Trinajstić information content (AvgIpc) is 3.29. The summed E-state index contributed by atoms with van der Waals surface area (Å²) in [6.07, 6.45) is 3.19. The van der Waals surface area contributed by atoms with Gasteiger partial charge in [0.25, 0.3) is 5.91 Å². The highest BCUT2D eigenvalue weighted by Crippen LogP contribution is 2.33. The first-order valence-corrected chi connectivity index (χ1v) is 9.31. The van der Waals surface area contributed by atoms with E-state index in [-0.39, 0.29) is 19.1 Å². The fourth-order valence-corrected chi connectivity index (χ4v) is 2.94. The van der Waals surface area contributed by atoms with Crippen LogP contribution in [-0.4, -0.2) is 47.1 Å². The second-order valence-corrected chi connectivity index (χ2v) is 6.48. The third-order valence-corrected chi connectivity index (χ3v) is 4.43. The van der Waals surface area contributed by atoms with Crippen molar-refractivity contribution in [3.05, 3.63) is 54.9 Å². The topological polar surface area (TPSA) is 106 Å². The van der Waals surface area contributed by atoms with Gasteiger partial charge in [0.1, 0.15) is 12.4 Å². The number of para-hydroxylation sites is 2. The van der Waals surface area contributed by atoms with Gasteiger partial charge in [-0.25, -0.2) is 0 Å². The molecule has 1 aliphatic heterocycles. The quantitative estimate of drug-likeness (QED) is 0.531. The van der Waals surface area contributed by atoms with Crippen molar-refractivity contribution < 1.29 is 24.1 Å². The number of hydrogen-bond acceptors (Lipinski definition) is 6. The minimum absolute atomic E-state index is 0.0236. The lowest BCUT2D eigenvalue weighted by Gasteiger charge is -2.26. The van der Waals surface area contributed by atoms with Gasteiger partial charge in [0.2, 0.25) is 6.10 Å². The molecule has 1 aromatic heterocycles. The molecule has 2 heterocycles. The monoisotopic (exact) mass is 395 g/mol. The molecular weight excluding hydrogens is 374 g/mol. The van der Waals surface area contributed by atoms with E-state index in [0.29, 0.717) is 36.0 Å². The Labute approximate surface area is 167 Å². The zero-order valence-electron chi connectivity index (χ0n) is 15.6. The molecule has 2 aromatic carbocycles. The number of carbonyl (C=O) groups excluding carboxylic acids is 1. The van der Waals surface area contributed by atoms with Crippen LogP contribution in [0.15, 0.2) is 54.9 Å². The molecule has 150 valence electrons. The van der Waals surface area contributed by atoms with Gasteiger partial charge in [0, 0.05) is 24.8 Å². The number of nitrogens with zero attached hydrogens (tertiary/aromatic N) is 1. The third-order valence-electron chi connectivity index (χ3n) is 4.43. The first-order valence-electron chi connectivity index (χ1n) is 9.31. The molecule has 1 unspecified atom stereocenters. The molecule has 8 nitrogen and oxygen atoms in total. The van der Waals surface area contributed by atoms with Crippen LogP contribution in [0.3, 0.4) is 0 Å². The minimum atomic E-state index is -0.774. The molecule has 0 spiro atoms. The smallest absolute Gasteiger partial charge is 0.269 e. The summed E-state index contributed by atoms with van der Waals surface area (Å²) >= 11 is 0. The van der Waals surface area contributed by atoms with Gasteiger partial charge in [-0.05, 0) is 29.8 Å². The Morgan fingerprint density at radius 1 is 1.24 bits per heavy atom. The summed E-state index contributed by atoms with van der Waals surface area (Å²) in [6, 6.07) is 12.7. The predicted octanol–water partition coefficient (Wildman–Crippen LogP) is 2.62. The molecule has 3 aromatic rings. The summed E-state index contributed by atoms with van der Waals surface area (Å²) in [5, 5.41) is 18.6. The van der Waals surface area contributed by atoms with Gasteiger partial charge in [-0.2, -0.15) is 5.10 Å². The molecule has 3 N–H and O–H groups in total. The van der Waals surface area contributed by atoms with Crippen LogP contribution in [0.2, 0.25) is 0 Å². The molecule has 8 heteroatoms. The number of nitrogens with one attached hydrogen (secondary N) is 2. The maximum atomic E-state index is 12.7. The number of carbonyl (C=O) groups is 1. The van der Waals surface area contributed by atoms with Gasteiger partial charge in [0.15, 0.2) is 11.5 Å². The lowest BCUT2D eigenvalue weighted by atomic mass is 10.1. The van der Waals surface area contributed by atoms with Crippen molar-refractivity contribution in [1.82, 2.24) is 10.2 Å². The van der Waals surface area contributed by atoms with Crippen LogP contribution in [0.1, 0.15) is 6.42 Å². The Bertz CT molecular complexity index is 974. The number of aliphatic hydroxyl groups excluding tert-OH is 1. The van der Waals surface area contributed by atoms with Gasteiger partial charge in [0.05, 0.1) is 18.5 Å². The minimum Gasteiger partial charge on any atom is -0.491 e. The average molecular weight is 395 g/mol. The number of ether oxygens (including phenoxy) is 3. The number of aromatic nitrogens is 2. The molecule has 0 saturated heterocycles. The van der Waals surface area contributed by atoms with Gasteiger partial charge in [-0.3, -0.25) is 9.89 Å². The number of amides is 1. The standard InChI is InChI=1S/C21H21N3O5/c25-8-3-9-27-19-10-14(15-11-22-23-12-15)6-7-16(19)24-21(26)20-13-28-17-4-1-2-5-18(17)29-20/h1-2,4-7,10-12,20,25H,3,8-9,13H2,(H,22,23)(H,24,26). The molecule has 0 radical (unpaired) electrons. The molecule has 0 bridgehead atoms. The van der Waals surface area contributed by atoms with Crippen molar-refractivity contribution in [1.29, 1.82) is 0 Å². The van der Waals surface area contributed by atoms with E-state index < -0.39 is 6.10 Å². The van der Waals surface area contributed by atoms with E-state index in [1.807, 2.05) is 24.3 Å². The summed E-state index contributed by atoms with van der Waals surface area (Å²) in [4.78, 5) is 12.7. The van der Waals surface area contributed by atoms with Crippen LogP contribution in [0.4, 0.5) is 5.69 Å². The van der Waals surface area contributed by atoms with E-state index in [1.165, 1.54) is 0 Å². The maximum absolute atomic E-state index is 12.7. The second-order valence-electron chi connectivity index (χ2n) is 6.48. The summed E-state index contributed by atoms with van der Waals surface area (Å²) < 4.78 is 17.2. The fraction of sp³-hybridized carbons (Fsp3) is 0.238. The van der Waals surface area contributed by atoms with Gasteiger partial charge in [-0.15, -0.1) is 0 Å². The number of aromatic amines is 1. The van der Waals surface area contributed by atoms with Crippen LogP contribution < -0.4 is 19.5 Å². The summed E-state index contributed by atoms with van der Waals surface area (Å²) in [6.45, 7) is 0.469. The van der Waals surface area contributed by atoms with E-state index in [1.54, 1.807) is 30.6 Å². The maximum Gasteiger partial charge on any atom is 0.269 e. The molecule has 1 atom stereocenters. The highest BCUT2D eigenvalue weighted by atomic mass is 16.6. The highest BCUT2D eigenvalue weighted by molar-refractivity contribution is 5.96. The first-order chi connectivity index (χ1) is 14.2. The number of rotatable bonds is 7. The number of H-pyrrole nitrogens is 1. The number of aliphatic hydroxyl groups is 1. The Hall–Kier alpha value is -3.52. The summed E-state index contributed by atoms with van der Waals surface area (Å²) in [7, 11) is 0. The zero-order chi connectivity index (χ0) is 20.1. The summed E-state index contributed by atoms with van der Waals surface area (Å²) in [5.41, 5.74) is 2.31. The SMILES string of the molecule is O=C(Nc1ccc(-c2cn[nH]c2)cc1OCCCO)C1COc2ccccc2O1. The van der Waals surface area contributed by atoms with Crippen LogP contribution in [-0.2, 0) is 4.79 Å². The molecule has 1 aliphatic rings. The molecule has 0 saturated carbocycles. The van der Waals surface area contributed by atoms with Crippen molar-refractivity contribution in [3.8, 4) is 28.4 Å². The normalized spacial score (nSPS) is 15.0.